The molecular formula is C15H11BrClN3O2S. The molecule has 0 atom stereocenters. The van der Waals surface area contributed by atoms with Crippen LogP contribution in [-0.4, -0.2) is 34.6 Å². The summed E-state index contributed by atoms with van der Waals surface area (Å²) in [7, 11) is 1.68. The molecule has 8 heteroatoms. The lowest BCUT2D eigenvalue weighted by Crippen LogP contribution is -2.26. The predicted octanol–water partition coefficient (Wildman–Crippen LogP) is 4.30. The average molecular weight is 413 g/mol. The van der Waals surface area contributed by atoms with Gasteiger partial charge in [0.25, 0.3) is 0 Å². The van der Waals surface area contributed by atoms with Gasteiger partial charge in [0.2, 0.25) is 5.28 Å². The standard InChI is InChI=1S/C15H11BrClN3O2S/c1-20(6-11(21)22)13-12-10(8-2-4-9(16)5-3-8)7-23-14(12)19-15(17)18-13/h2-5,7H,6H2,1H3,(H,21,22). The summed E-state index contributed by atoms with van der Waals surface area (Å²) in [6.45, 7) is -0.169. The van der Waals surface area contributed by atoms with E-state index in [9.17, 15) is 4.79 Å². The van der Waals surface area contributed by atoms with Crippen LogP contribution >= 0.6 is 38.9 Å². The number of thiophene rings is 1. The Balaban J connectivity index is 2.20. The van der Waals surface area contributed by atoms with Crippen LogP contribution in [0, 0.1) is 0 Å². The second kappa shape index (κ2) is 6.43. The average Bonchev–Trinajstić information content (AvgIpc) is 2.90. The lowest BCUT2D eigenvalue weighted by atomic mass is 10.1. The molecule has 0 aliphatic rings. The predicted molar refractivity (Wildman–Crippen MR) is 96.5 cm³/mol. The number of nitrogens with zero attached hydrogens (tertiary/aromatic N) is 3. The Hall–Kier alpha value is -1.70. The number of rotatable bonds is 4. The molecule has 0 spiro atoms. The van der Waals surface area contributed by atoms with Gasteiger partial charge in [0.1, 0.15) is 17.2 Å². The van der Waals surface area contributed by atoms with Crippen LogP contribution in [0.5, 0.6) is 0 Å². The molecule has 5 nitrogen and oxygen atoms in total. The van der Waals surface area contributed by atoms with E-state index >= 15 is 0 Å². The lowest BCUT2D eigenvalue weighted by Gasteiger charge is -2.17. The molecule has 1 aromatic carbocycles. The van der Waals surface area contributed by atoms with Gasteiger partial charge in [0, 0.05) is 22.5 Å². The van der Waals surface area contributed by atoms with Crippen LogP contribution in [0.1, 0.15) is 0 Å². The molecule has 0 saturated heterocycles. The zero-order valence-corrected chi connectivity index (χ0v) is 15.1. The van der Waals surface area contributed by atoms with Gasteiger partial charge in [0.05, 0.1) is 5.39 Å². The molecule has 3 rings (SSSR count). The number of aliphatic carboxylic acids is 1. The van der Waals surface area contributed by atoms with E-state index in [0.29, 0.717) is 5.82 Å². The van der Waals surface area contributed by atoms with Gasteiger partial charge in [-0.2, -0.15) is 4.98 Å². The Morgan fingerprint density at radius 2 is 2.04 bits per heavy atom. The molecule has 0 unspecified atom stereocenters. The van der Waals surface area contributed by atoms with Crippen LogP contribution < -0.4 is 4.90 Å². The van der Waals surface area contributed by atoms with Crippen molar-refractivity contribution in [1.29, 1.82) is 0 Å². The summed E-state index contributed by atoms with van der Waals surface area (Å²) in [6, 6.07) is 7.88. The molecule has 1 N–H and O–H groups in total. The Morgan fingerprint density at radius 3 is 2.70 bits per heavy atom. The van der Waals surface area contributed by atoms with Crippen molar-refractivity contribution in [3.05, 3.63) is 39.4 Å². The molecule has 0 amide bonds. The zero-order chi connectivity index (χ0) is 16.6. The first-order valence-corrected chi connectivity index (χ1v) is 8.64. The van der Waals surface area contributed by atoms with E-state index in [4.69, 9.17) is 16.7 Å². The highest BCUT2D eigenvalue weighted by atomic mass is 79.9. The van der Waals surface area contributed by atoms with Gasteiger partial charge in [-0.1, -0.05) is 28.1 Å². The first kappa shape index (κ1) is 16.2. The maximum Gasteiger partial charge on any atom is 0.323 e. The SMILES string of the molecule is CN(CC(=O)O)c1nc(Cl)nc2scc(-c3ccc(Br)cc3)c12. The van der Waals surface area contributed by atoms with Crippen LogP contribution in [0.25, 0.3) is 21.3 Å². The van der Waals surface area contributed by atoms with Crippen LogP contribution in [0.15, 0.2) is 34.1 Å². The van der Waals surface area contributed by atoms with E-state index in [-0.39, 0.29) is 11.8 Å². The van der Waals surface area contributed by atoms with Crippen molar-refractivity contribution >= 4 is 60.9 Å². The monoisotopic (exact) mass is 411 g/mol. The minimum atomic E-state index is -0.934. The Kier molecular flexibility index (Phi) is 4.52. The van der Waals surface area contributed by atoms with Crippen LogP contribution in [-0.2, 0) is 4.79 Å². The molecule has 0 saturated carbocycles. The van der Waals surface area contributed by atoms with E-state index < -0.39 is 5.97 Å². The molecule has 0 aliphatic carbocycles. The minimum absolute atomic E-state index is 0.106. The molecule has 2 aromatic heterocycles. The van der Waals surface area contributed by atoms with E-state index in [1.165, 1.54) is 11.3 Å². The molecular weight excluding hydrogens is 402 g/mol. The number of carbonyl (C=O) groups is 1. The summed E-state index contributed by atoms with van der Waals surface area (Å²) in [5, 5.41) is 11.9. The second-order valence-electron chi connectivity index (χ2n) is 4.90. The number of hydrogen-bond donors (Lipinski definition) is 1. The van der Waals surface area contributed by atoms with Gasteiger partial charge in [-0.05, 0) is 29.3 Å². The summed E-state index contributed by atoms with van der Waals surface area (Å²) in [4.78, 5) is 21.8. The van der Waals surface area contributed by atoms with Gasteiger partial charge in [-0.25, -0.2) is 4.98 Å². The Bertz CT molecular complexity index is 882. The molecule has 0 fully saturated rings. The van der Waals surface area contributed by atoms with Crippen molar-refractivity contribution in [3.8, 4) is 11.1 Å². The second-order valence-corrected chi connectivity index (χ2v) is 7.01. The number of halogens is 2. The van der Waals surface area contributed by atoms with Crippen LogP contribution in [0.2, 0.25) is 5.28 Å². The van der Waals surface area contributed by atoms with Gasteiger partial charge in [-0.15, -0.1) is 11.3 Å². The molecule has 0 aliphatic heterocycles. The maximum absolute atomic E-state index is 11.0. The minimum Gasteiger partial charge on any atom is -0.480 e. The van der Waals surface area contributed by atoms with E-state index in [1.807, 2.05) is 29.6 Å². The van der Waals surface area contributed by atoms with Crippen molar-refractivity contribution in [3.63, 3.8) is 0 Å². The number of carboxylic acids is 1. The molecule has 0 radical (unpaired) electrons. The molecule has 118 valence electrons. The molecule has 23 heavy (non-hydrogen) atoms. The Morgan fingerprint density at radius 1 is 1.35 bits per heavy atom. The van der Waals surface area contributed by atoms with Crippen molar-refractivity contribution in [2.45, 2.75) is 0 Å². The van der Waals surface area contributed by atoms with Gasteiger partial charge >= 0.3 is 5.97 Å². The summed E-state index contributed by atoms with van der Waals surface area (Å²) < 4.78 is 0.989. The number of anilines is 1. The van der Waals surface area contributed by atoms with Gasteiger partial charge in [0.15, 0.2) is 0 Å². The normalized spacial score (nSPS) is 10.9. The number of fused-ring (bicyclic) bond motifs is 1. The topological polar surface area (TPSA) is 66.3 Å². The van der Waals surface area contributed by atoms with Gasteiger partial charge < -0.3 is 10.0 Å². The molecule has 0 bridgehead atoms. The summed E-state index contributed by atoms with van der Waals surface area (Å²) >= 11 is 10.9. The quantitative estimate of drug-likeness (QED) is 0.647. The van der Waals surface area contributed by atoms with E-state index in [1.54, 1.807) is 11.9 Å². The number of hydrogen-bond acceptors (Lipinski definition) is 5. The fraction of sp³-hybridized carbons (Fsp3) is 0.133. The number of carboxylic acid groups (broad SMARTS) is 1. The van der Waals surface area contributed by atoms with Crippen LogP contribution in [0.3, 0.4) is 0 Å². The summed E-state index contributed by atoms with van der Waals surface area (Å²) in [6.07, 6.45) is 0. The zero-order valence-electron chi connectivity index (χ0n) is 12.0. The van der Waals surface area contributed by atoms with Crippen molar-refractivity contribution < 1.29 is 9.90 Å². The summed E-state index contributed by atoms with van der Waals surface area (Å²) in [5.41, 5.74) is 1.97. The number of benzene rings is 1. The largest absolute Gasteiger partial charge is 0.480 e. The lowest BCUT2D eigenvalue weighted by molar-refractivity contribution is -0.135. The highest BCUT2D eigenvalue weighted by Gasteiger charge is 2.18. The highest BCUT2D eigenvalue weighted by molar-refractivity contribution is 9.10. The third-order valence-electron chi connectivity index (χ3n) is 3.28. The first-order chi connectivity index (χ1) is 11.0. The first-order valence-electron chi connectivity index (χ1n) is 6.59. The molecule has 2 heterocycles. The van der Waals surface area contributed by atoms with Gasteiger partial charge in [-0.3, -0.25) is 4.79 Å². The fourth-order valence-corrected chi connectivity index (χ4v) is 3.71. The summed E-state index contributed by atoms with van der Waals surface area (Å²) in [5.74, 6) is -0.419. The van der Waals surface area contributed by atoms with Crippen molar-refractivity contribution in [2.75, 3.05) is 18.5 Å². The smallest absolute Gasteiger partial charge is 0.323 e. The van der Waals surface area contributed by atoms with Crippen molar-refractivity contribution in [1.82, 2.24) is 9.97 Å². The molecule has 3 aromatic rings. The van der Waals surface area contributed by atoms with Crippen LogP contribution in [0.4, 0.5) is 5.82 Å². The highest BCUT2D eigenvalue weighted by Crippen LogP contribution is 2.38. The third kappa shape index (κ3) is 3.31. The maximum atomic E-state index is 11.0. The number of likely N-dealkylation sites (N-methyl/N-ethyl adjacent to an activating group) is 1. The van der Waals surface area contributed by atoms with E-state index in [2.05, 4.69) is 25.9 Å². The third-order valence-corrected chi connectivity index (χ3v) is 4.85. The van der Waals surface area contributed by atoms with E-state index in [0.717, 1.165) is 25.8 Å². The van der Waals surface area contributed by atoms with Crippen molar-refractivity contribution in [2.24, 2.45) is 0 Å². The number of aromatic nitrogens is 2. The fourth-order valence-electron chi connectivity index (χ4n) is 2.29. The Labute approximate surface area is 149 Å².